The first-order chi connectivity index (χ1) is 13.6. The summed E-state index contributed by atoms with van der Waals surface area (Å²) in [4.78, 5) is 17.2. The Hall–Kier alpha value is -3.09. The zero-order chi connectivity index (χ0) is 20.1. The maximum Gasteiger partial charge on any atom is 0.261 e. The van der Waals surface area contributed by atoms with E-state index in [1.807, 2.05) is 29.2 Å². The van der Waals surface area contributed by atoms with Gasteiger partial charge in [0.2, 0.25) is 0 Å². The van der Waals surface area contributed by atoms with E-state index in [-0.39, 0.29) is 5.91 Å². The van der Waals surface area contributed by atoms with Crippen LogP contribution in [0.5, 0.6) is 23.0 Å². The molecule has 0 bridgehead atoms. The second-order valence-corrected chi connectivity index (χ2v) is 6.35. The van der Waals surface area contributed by atoms with Crippen LogP contribution >= 0.6 is 0 Å². The van der Waals surface area contributed by atoms with Crippen LogP contribution in [0.1, 0.15) is 10.4 Å². The lowest BCUT2D eigenvalue weighted by Crippen LogP contribution is -2.49. The average molecular weight is 386 g/mol. The molecule has 1 aliphatic rings. The number of methoxy groups -OCH3 is 4. The van der Waals surface area contributed by atoms with E-state index in [0.717, 1.165) is 17.2 Å². The highest BCUT2D eigenvalue weighted by Gasteiger charge is 2.28. The van der Waals surface area contributed by atoms with Gasteiger partial charge in [0.15, 0.2) is 0 Å². The molecule has 1 amide bonds. The van der Waals surface area contributed by atoms with Crippen molar-refractivity contribution in [1.29, 1.82) is 0 Å². The Morgan fingerprint density at radius 2 is 1.39 bits per heavy atom. The topological polar surface area (TPSA) is 60.5 Å². The van der Waals surface area contributed by atoms with Crippen molar-refractivity contribution in [2.75, 3.05) is 59.5 Å². The molecule has 7 nitrogen and oxygen atoms in total. The molecule has 0 atom stereocenters. The highest BCUT2D eigenvalue weighted by Crippen LogP contribution is 2.34. The standard InChI is InChI=1S/C21H26N2O5/c1-25-15-8-9-16(19(14-15)28-4)22-10-12-23(13-11-22)21(24)20-17(26-2)6-5-7-18(20)27-3/h5-9,14H,10-13H2,1-4H3. The molecule has 0 aliphatic carbocycles. The minimum atomic E-state index is -0.0874. The fraction of sp³-hybridized carbons (Fsp3) is 0.381. The highest BCUT2D eigenvalue weighted by atomic mass is 16.5. The van der Waals surface area contributed by atoms with Crippen LogP contribution in [0.25, 0.3) is 0 Å². The number of benzene rings is 2. The van der Waals surface area contributed by atoms with E-state index in [1.165, 1.54) is 0 Å². The number of hydrogen-bond donors (Lipinski definition) is 0. The van der Waals surface area contributed by atoms with Crippen LogP contribution in [0, 0.1) is 0 Å². The normalized spacial score (nSPS) is 13.9. The molecular formula is C21H26N2O5. The fourth-order valence-electron chi connectivity index (χ4n) is 3.42. The number of amides is 1. The molecule has 1 saturated heterocycles. The van der Waals surface area contributed by atoms with E-state index in [1.54, 1.807) is 40.6 Å². The number of nitrogens with zero attached hydrogens (tertiary/aromatic N) is 2. The predicted molar refractivity (Wildman–Crippen MR) is 107 cm³/mol. The van der Waals surface area contributed by atoms with E-state index in [2.05, 4.69) is 4.90 Å². The third kappa shape index (κ3) is 3.78. The van der Waals surface area contributed by atoms with Crippen LogP contribution in [0.3, 0.4) is 0 Å². The van der Waals surface area contributed by atoms with Gasteiger partial charge in [-0.3, -0.25) is 4.79 Å². The molecule has 0 radical (unpaired) electrons. The third-order valence-corrected chi connectivity index (χ3v) is 4.94. The minimum Gasteiger partial charge on any atom is -0.497 e. The molecule has 0 saturated carbocycles. The average Bonchev–Trinajstić information content (AvgIpc) is 2.77. The van der Waals surface area contributed by atoms with Gasteiger partial charge in [0, 0.05) is 32.2 Å². The van der Waals surface area contributed by atoms with E-state index < -0.39 is 0 Å². The van der Waals surface area contributed by atoms with Gasteiger partial charge in [-0.2, -0.15) is 0 Å². The van der Waals surface area contributed by atoms with Gasteiger partial charge in [-0.25, -0.2) is 0 Å². The number of carbonyl (C=O) groups is 1. The lowest BCUT2D eigenvalue weighted by Gasteiger charge is -2.37. The van der Waals surface area contributed by atoms with Crippen LogP contribution in [-0.2, 0) is 0 Å². The summed E-state index contributed by atoms with van der Waals surface area (Å²) in [5, 5.41) is 0. The molecule has 0 aromatic heterocycles. The van der Waals surface area contributed by atoms with E-state index in [9.17, 15) is 4.79 Å². The first-order valence-corrected chi connectivity index (χ1v) is 9.10. The number of hydrogen-bond acceptors (Lipinski definition) is 6. The van der Waals surface area contributed by atoms with Gasteiger partial charge in [0.1, 0.15) is 28.6 Å². The largest absolute Gasteiger partial charge is 0.497 e. The number of anilines is 1. The smallest absolute Gasteiger partial charge is 0.261 e. The van der Waals surface area contributed by atoms with Crippen molar-refractivity contribution < 1.29 is 23.7 Å². The third-order valence-electron chi connectivity index (χ3n) is 4.94. The van der Waals surface area contributed by atoms with Crippen LogP contribution in [0.15, 0.2) is 36.4 Å². The molecule has 0 unspecified atom stereocenters. The van der Waals surface area contributed by atoms with Crippen LogP contribution < -0.4 is 23.8 Å². The molecule has 7 heteroatoms. The Labute approximate surface area is 165 Å². The Bertz CT molecular complexity index is 809. The van der Waals surface area contributed by atoms with Crippen molar-refractivity contribution in [2.45, 2.75) is 0 Å². The molecule has 0 N–H and O–H groups in total. The van der Waals surface area contributed by atoms with Gasteiger partial charge in [0.25, 0.3) is 5.91 Å². The minimum absolute atomic E-state index is 0.0874. The molecule has 1 fully saturated rings. The van der Waals surface area contributed by atoms with Gasteiger partial charge in [-0.15, -0.1) is 0 Å². The van der Waals surface area contributed by atoms with Gasteiger partial charge >= 0.3 is 0 Å². The summed E-state index contributed by atoms with van der Waals surface area (Å²) < 4.78 is 21.5. The van der Waals surface area contributed by atoms with Gasteiger partial charge in [-0.05, 0) is 24.3 Å². The van der Waals surface area contributed by atoms with Crippen LogP contribution in [0.4, 0.5) is 5.69 Å². The molecule has 150 valence electrons. The van der Waals surface area contributed by atoms with Crippen LogP contribution in [0.2, 0.25) is 0 Å². The summed E-state index contributed by atoms with van der Waals surface area (Å²) in [5.41, 5.74) is 1.45. The van der Waals surface area contributed by atoms with Gasteiger partial charge < -0.3 is 28.7 Å². The second kappa shape index (κ2) is 8.73. The lowest BCUT2D eigenvalue weighted by atomic mass is 10.1. The Balaban J connectivity index is 1.75. The Kier molecular flexibility index (Phi) is 6.13. The number of piperazine rings is 1. The summed E-state index contributed by atoms with van der Waals surface area (Å²) in [6, 6.07) is 11.1. The SMILES string of the molecule is COc1ccc(N2CCN(C(=O)c3c(OC)cccc3OC)CC2)c(OC)c1. The Morgan fingerprint density at radius 3 is 1.93 bits per heavy atom. The molecule has 0 spiro atoms. The first kappa shape index (κ1) is 19.7. The zero-order valence-electron chi connectivity index (χ0n) is 16.7. The maximum absolute atomic E-state index is 13.1. The number of ether oxygens (including phenoxy) is 4. The second-order valence-electron chi connectivity index (χ2n) is 6.35. The van der Waals surface area contributed by atoms with E-state index >= 15 is 0 Å². The summed E-state index contributed by atoms with van der Waals surface area (Å²) in [6.07, 6.45) is 0. The zero-order valence-corrected chi connectivity index (χ0v) is 16.7. The fourth-order valence-corrected chi connectivity index (χ4v) is 3.42. The van der Waals surface area contributed by atoms with Crippen molar-refractivity contribution in [3.63, 3.8) is 0 Å². The quantitative estimate of drug-likeness (QED) is 0.761. The van der Waals surface area contributed by atoms with Gasteiger partial charge in [-0.1, -0.05) is 6.07 Å². The molecule has 1 heterocycles. The van der Waals surface area contributed by atoms with Crippen molar-refractivity contribution in [1.82, 2.24) is 4.90 Å². The van der Waals surface area contributed by atoms with Gasteiger partial charge in [0.05, 0.1) is 34.1 Å². The van der Waals surface area contributed by atoms with Crippen molar-refractivity contribution in [2.24, 2.45) is 0 Å². The van der Waals surface area contributed by atoms with E-state index in [0.29, 0.717) is 43.2 Å². The van der Waals surface area contributed by atoms with Crippen molar-refractivity contribution in [3.8, 4) is 23.0 Å². The Morgan fingerprint density at radius 1 is 0.786 bits per heavy atom. The molecule has 2 aromatic rings. The molecule has 2 aromatic carbocycles. The monoisotopic (exact) mass is 386 g/mol. The summed E-state index contributed by atoms with van der Waals surface area (Å²) in [5.74, 6) is 2.45. The summed E-state index contributed by atoms with van der Waals surface area (Å²) in [7, 11) is 6.38. The molecule has 28 heavy (non-hydrogen) atoms. The van der Waals surface area contributed by atoms with Crippen molar-refractivity contribution in [3.05, 3.63) is 42.0 Å². The number of rotatable bonds is 6. The summed E-state index contributed by atoms with van der Waals surface area (Å²) >= 11 is 0. The van der Waals surface area contributed by atoms with Crippen molar-refractivity contribution >= 4 is 11.6 Å². The van der Waals surface area contributed by atoms with Crippen LogP contribution in [-0.4, -0.2) is 65.4 Å². The predicted octanol–water partition coefficient (Wildman–Crippen LogP) is 2.68. The molecule has 1 aliphatic heterocycles. The lowest BCUT2D eigenvalue weighted by molar-refractivity contribution is 0.0739. The number of carbonyl (C=O) groups excluding carboxylic acids is 1. The maximum atomic E-state index is 13.1. The first-order valence-electron chi connectivity index (χ1n) is 9.10. The van der Waals surface area contributed by atoms with E-state index in [4.69, 9.17) is 18.9 Å². The molecule has 3 rings (SSSR count). The summed E-state index contributed by atoms with van der Waals surface area (Å²) in [6.45, 7) is 2.59. The highest BCUT2D eigenvalue weighted by molar-refractivity contribution is 5.99. The molecular weight excluding hydrogens is 360 g/mol.